The number of aromatic nitrogens is 1. The zero-order valence-electron chi connectivity index (χ0n) is 41.2. The Bertz CT molecular complexity index is 4550. The molecule has 11 aromatic carbocycles. The van der Waals surface area contributed by atoms with E-state index >= 15 is 0 Å². The van der Waals surface area contributed by atoms with Gasteiger partial charge in [0, 0.05) is 59.4 Å². The maximum absolute atomic E-state index is 7.02. The minimum absolute atomic E-state index is 0.0560. The fraction of sp³-hybridized carbons (Fsp3) is 0.100. The third-order valence-electron chi connectivity index (χ3n) is 16.2. The van der Waals surface area contributed by atoms with Gasteiger partial charge >= 0.3 is 0 Å². The van der Waals surface area contributed by atoms with Crippen molar-refractivity contribution in [3.63, 3.8) is 0 Å². The third kappa shape index (κ3) is 6.75. The molecule has 0 amide bonds. The summed E-state index contributed by atoms with van der Waals surface area (Å²) >= 11 is 1.91. The van der Waals surface area contributed by atoms with Gasteiger partial charge in [-0.15, -0.1) is 11.3 Å². The second kappa shape index (κ2) is 17.0. The van der Waals surface area contributed by atoms with Gasteiger partial charge in [-0.25, -0.2) is 0 Å². The van der Waals surface area contributed by atoms with E-state index in [1.807, 2.05) is 11.3 Å². The van der Waals surface area contributed by atoms with E-state index in [4.69, 9.17) is 9.41 Å². The summed E-state index contributed by atoms with van der Waals surface area (Å²) < 4.78 is 12.2. The molecular formula is C70H50N2OS. The predicted octanol–water partition coefficient (Wildman–Crippen LogP) is 19.9. The van der Waals surface area contributed by atoms with Crippen LogP contribution in [0.25, 0.3) is 119 Å². The van der Waals surface area contributed by atoms with Crippen LogP contribution in [0.5, 0.6) is 0 Å². The Hall–Kier alpha value is -8.57. The Balaban J connectivity index is 1.05. The van der Waals surface area contributed by atoms with Gasteiger partial charge in [0.1, 0.15) is 11.2 Å². The Labute approximate surface area is 432 Å². The van der Waals surface area contributed by atoms with Crippen molar-refractivity contribution in [1.29, 1.82) is 0 Å². The Morgan fingerprint density at radius 2 is 1.08 bits per heavy atom. The minimum Gasteiger partial charge on any atom is -0.456 e. The molecular weight excluding hydrogens is 917 g/mol. The van der Waals surface area contributed by atoms with Gasteiger partial charge in [0.25, 0.3) is 0 Å². The van der Waals surface area contributed by atoms with Gasteiger partial charge in [-0.3, -0.25) is 4.99 Å². The first-order chi connectivity index (χ1) is 36.5. The van der Waals surface area contributed by atoms with E-state index in [2.05, 4.69) is 243 Å². The number of allylic oxidation sites excluding steroid dienone is 1. The van der Waals surface area contributed by atoms with Gasteiger partial charge in [-0.05, 0) is 128 Å². The summed E-state index contributed by atoms with van der Waals surface area (Å²) in [4.78, 5) is 6.36. The smallest absolute Gasteiger partial charge is 0.137 e. The second-order valence-electron chi connectivity index (χ2n) is 20.4. The maximum Gasteiger partial charge on any atom is 0.137 e. The van der Waals surface area contributed by atoms with E-state index in [0.717, 1.165) is 68.2 Å². The van der Waals surface area contributed by atoms with E-state index in [1.54, 1.807) is 0 Å². The highest BCUT2D eigenvalue weighted by atomic mass is 32.1. The summed E-state index contributed by atoms with van der Waals surface area (Å²) in [6.45, 7) is 4.76. The molecule has 3 atom stereocenters. The lowest BCUT2D eigenvalue weighted by Gasteiger charge is -2.32. The van der Waals surface area contributed by atoms with Crippen molar-refractivity contribution >= 4 is 119 Å². The van der Waals surface area contributed by atoms with E-state index in [-0.39, 0.29) is 17.9 Å². The average Bonchev–Trinajstić information content (AvgIpc) is 4.12. The normalized spacial score (nSPS) is 17.2. The van der Waals surface area contributed by atoms with Crippen LogP contribution < -0.4 is 0 Å². The monoisotopic (exact) mass is 966 g/mol. The summed E-state index contributed by atoms with van der Waals surface area (Å²) in [6, 6.07) is 80.7. The third-order valence-corrected chi connectivity index (χ3v) is 17.4. The number of hydrogen-bond donors (Lipinski definition) is 0. The largest absolute Gasteiger partial charge is 0.456 e. The van der Waals surface area contributed by atoms with Crippen LogP contribution in [0.4, 0.5) is 0 Å². The van der Waals surface area contributed by atoms with Crippen LogP contribution in [-0.2, 0) is 0 Å². The number of fused-ring (bicyclic) bond motifs is 12. The molecule has 352 valence electrons. The molecule has 4 heteroatoms. The van der Waals surface area contributed by atoms with Gasteiger partial charge in [-0.1, -0.05) is 184 Å². The highest BCUT2D eigenvalue weighted by molar-refractivity contribution is 7.26. The van der Waals surface area contributed by atoms with Gasteiger partial charge in [0.2, 0.25) is 0 Å². The summed E-state index contributed by atoms with van der Waals surface area (Å²) in [5, 5.41) is 14.5. The van der Waals surface area contributed by atoms with Crippen LogP contribution in [0.15, 0.2) is 234 Å². The molecule has 0 N–H and O–H groups in total. The van der Waals surface area contributed by atoms with Crippen molar-refractivity contribution in [3.8, 4) is 16.8 Å². The average molecular weight is 967 g/mol. The van der Waals surface area contributed by atoms with Crippen LogP contribution in [0.2, 0.25) is 0 Å². The molecule has 3 aromatic heterocycles. The van der Waals surface area contributed by atoms with Gasteiger partial charge in [-0.2, -0.15) is 0 Å². The van der Waals surface area contributed by atoms with Gasteiger partial charge in [0.15, 0.2) is 0 Å². The molecule has 74 heavy (non-hydrogen) atoms. The van der Waals surface area contributed by atoms with Crippen molar-refractivity contribution in [2.45, 2.75) is 32.7 Å². The molecule has 0 bridgehead atoms. The molecule has 0 radical (unpaired) electrons. The molecule has 3 nitrogen and oxygen atoms in total. The minimum atomic E-state index is -0.186. The molecule has 0 saturated heterocycles. The lowest BCUT2D eigenvalue weighted by Crippen LogP contribution is -2.23. The highest BCUT2D eigenvalue weighted by Gasteiger charge is 2.33. The molecule has 0 aliphatic carbocycles. The Kier molecular flexibility index (Phi) is 9.90. The highest BCUT2D eigenvalue weighted by Crippen LogP contribution is 2.49. The number of furan rings is 1. The number of hydrogen-bond acceptors (Lipinski definition) is 3. The molecule has 14 aromatic rings. The van der Waals surface area contributed by atoms with Gasteiger partial charge < -0.3 is 8.98 Å². The predicted molar refractivity (Wildman–Crippen MR) is 317 cm³/mol. The second-order valence-corrected chi connectivity index (χ2v) is 21.5. The first-order valence-electron chi connectivity index (χ1n) is 26.1. The van der Waals surface area contributed by atoms with Crippen molar-refractivity contribution in [2.24, 2.45) is 16.8 Å². The molecule has 4 heterocycles. The van der Waals surface area contributed by atoms with Crippen molar-refractivity contribution < 1.29 is 4.42 Å². The summed E-state index contributed by atoms with van der Waals surface area (Å²) in [7, 11) is 0. The first kappa shape index (κ1) is 43.1. The molecule has 1 aliphatic rings. The van der Waals surface area contributed by atoms with E-state index in [0.29, 0.717) is 0 Å². The zero-order chi connectivity index (χ0) is 49.0. The summed E-state index contributed by atoms with van der Waals surface area (Å²) in [6.07, 6.45) is 4.32. The quantitative estimate of drug-likeness (QED) is 0.163. The number of aliphatic imine (C=N–C) groups is 1. The summed E-state index contributed by atoms with van der Waals surface area (Å²) in [5.74, 6) is 0.149. The van der Waals surface area contributed by atoms with Crippen molar-refractivity contribution in [1.82, 2.24) is 4.57 Å². The maximum atomic E-state index is 7.02. The first-order valence-corrected chi connectivity index (χ1v) is 26.9. The SMILES string of the molecule is CCC1/C(c2ccc(-c3ccccc3)cc2)=C/C[C@@H](C)C(c2ccc3oc4cc5ccccc5cc4c3c2-n2c3cc4ccccc4cc3c3cc4ccccc4cc32)=NC1c1cccc2c1sc1ccccc12. The molecule has 2 unspecified atom stereocenters. The van der Waals surface area contributed by atoms with Gasteiger partial charge in [0.05, 0.1) is 28.1 Å². The Morgan fingerprint density at radius 1 is 0.514 bits per heavy atom. The van der Waals surface area contributed by atoms with E-state index in [1.165, 1.54) is 85.7 Å². The fourth-order valence-electron chi connectivity index (χ4n) is 12.6. The Morgan fingerprint density at radius 3 is 1.76 bits per heavy atom. The number of thiophene rings is 1. The molecule has 0 saturated carbocycles. The van der Waals surface area contributed by atoms with E-state index < -0.39 is 0 Å². The number of benzene rings is 11. The fourth-order valence-corrected chi connectivity index (χ4v) is 13.8. The van der Waals surface area contributed by atoms with Crippen LogP contribution in [0.3, 0.4) is 0 Å². The van der Waals surface area contributed by atoms with Crippen molar-refractivity contribution in [2.75, 3.05) is 0 Å². The standard InChI is InChI=1S/C70H50N2OS/c1-3-52-53(45-31-29-44(30-32-45)43-16-5-4-6-17-43)33-28-42(2)67(71-68(52)57-26-15-25-55-54-24-13-14-27-65(54)74-70(55)57)56-34-35-63-66(60-38-48-20-9-12-23-51(48)41-64(60)73-63)69(56)72-61-39-49-21-10-7-18-46(49)36-58(61)59-37-47-19-8-11-22-50(47)40-62(59)72/h4-27,29-42,52,68H,3,28H2,1-2H3/b53-33+,71-67?/t42-,52?,68?/m1/s1. The van der Waals surface area contributed by atoms with Crippen LogP contribution >= 0.6 is 11.3 Å². The molecule has 0 spiro atoms. The molecule has 1 aliphatic heterocycles. The lowest BCUT2D eigenvalue weighted by atomic mass is 9.78. The van der Waals surface area contributed by atoms with E-state index in [9.17, 15) is 0 Å². The summed E-state index contributed by atoms with van der Waals surface area (Å²) in [5.41, 5.74) is 13.8. The van der Waals surface area contributed by atoms with Crippen LogP contribution in [0, 0.1) is 11.8 Å². The van der Waals surface area contributed by atoms with Crippen molar-refractivity contribution in [3.05, 3.63) is 241 Å². The topological polar surface area (TPSA) is 30.4 Å². The lowest BCUT2D eigenvalue weighted by molar-refractivity contribution is 0.517. The molecule has 0 fully saturated rings. The van der Waals surface area contributed by atoms with Crippen LogP contribution in [0.1, 0.15) is 49.4 Å². The number of rotatable bonds is 6. The molecule has 15 rings (SSSR count). The zero-order valence-corrected chi connectivity index (χ0v) is 42.0. The number of nitrogens with zero attached hydrogens (tertiary/aromatic N) is 2. The van der Waals surface area contributed by atoms with Crippen LogP contribution in [-0.4, -0.2) is 10.3 Å².